The fourth-order valence-corrected chi connectivity index (χ4v) is 4.32. The lowest BCUT2D eigenvalue weighted by atomic mass is 9.93. The molecule has 0 spiro atoms. The number of hydrogen-bond donors (Lipinski definition) is 1. The summed E-state index contributed by atoms with van der Waals surface area (Å²) in [5.41, 5.74) is 5.57. The number of piperazine rings is 1. The first-order valence-corrected chi connectivity index (χ1v) is 10.3. The number of pyridine rings is 1. The number of nitrogens with zero attached hydrogens (tertiary/aromatic N) is 5. The zero-order valence-electron chi connectivity index (χ0n) is 17.2. The molecule has 3 aromatic rings. The van der Waals surface area contributed by atoms with Crippen LogP contribution in [0.1, 0.15) is 44.3 Å². The van der Waals surface area contributed by atoms with Gasteiger partial charge in [0.2, 0.25) is 0 Å². The van der Waals surface area contributed by atoms with Crippen LogP contribution in [0.25, 0.3) is 5.82 Å². The number of cyclic esters (lactones) is 1. The largest absolute Gasteiger partial charge is 0.457 e. The predicted octanol–water partition coefficient (Wildman–Crippen LogP) is 2.26. The maximum Gasteiger partial charge on any atom is 0.338 e. The van der Waals surface area contributed by atoms with Crippen LogP contribution in [0.4, 0.5) is 0 Å². The lowest BCUT2D eigenvalue weighted by molar-refractivity contribution is 0.0535. The molecule has 0 amide bonds. The number of carbonyl (C=O) groups is 1. The number of aromatic nitrogens is 3. The number of benzene rings is 1. The van der Waals surface area contributed by atoms with E-state index < -0.39 is 0 Å². The fraction of sp³-hybridized carbons (Fsp3) is 0.304. The summed E-state index contributed by atoms with van der Waals surface area (Å²) in [6.45, 7) is 5.97. The van der Waals surface area contributed by atoms with E-state index >= 15 is 0 Å². The molecule has 2 aliphatic heterocycles. The standard InChI is InChI=1S/C23H22N6O2/c1-15-18(3-4-19-20(15)14-31-23(19)30)21-13-28(9-7-25-21)12-16-2-5-22(26-11-16)29-8-6-17(10-24)27-29/h2-6,8,11,21,25H,7,9,12-14H2,1H3. The van der Waals surface area contributed by atoms with Gasteiger partial charge in [-0.25, -0.2) is 14.5 Å². The monoisotopic (exact) mass is 414 g/mol. The number of nitrogens with one attached hydrogen (secondary N) is 1. The minimum absolute atomic E-state index is 0.204. The van der Waals surface area contributed by atoms with Crippen LogP contribution in [-0.4, -0.2) is 45.3 Å². The summed E-state index contributed by atoms with van der Waals surface area (Å²) >= 11 is 0. The number of hydrogen-bond acceptors (Lipinski definition) is 7. The third-order valence-corrected chi connectivity index (χ3v) is 6.00. The zero-order valence-corrected chi connectivity index (χ0v) is 17.2. The van der Waals surface area contributed by atoms with Gasteiger partial charge in [0, 0.05) is 50.2 Å². The van der Waals surface area contributed by atoms with Crippen molar-refractivity contribution in [2.75, 3.05) is 19.6 Å². The van der Waals surface area contributed by atoms with Gasteiger partial charge in [-0.3, -0.25) is 4.90 Å². The van der Waals surface area contributed by atoms with E-state index in [1.54, 1.807) is 16.9 Å². The maximum absolute atomic E-state index is 11.8. The molecule has 1 aromatic carbocycles. The summed E-state index contributed by atoms with van der Waals surface area (Å²) in [6.07, 6.45) is 3.60. The van der Waals surface area contributed by atoms with Gasteiger partial charge in [-0.05, 0) is 41.8 Å². The van der Waals surface area contributed by atoms with Gasteiger partial charge in [0.1, 0.15) is 12.7 Å². The van der Waals surface area contributed by atoms with Crippen molar-refractivity contribution in [3.05, 3.63) is 76.2 Å². The van der Waals surface area contributed by atoms with E-state index in [1.165, 1.54) is 5.56 Å². The van der Waals surface area contributed by atoms with Gasteiger partial charge < -0.3 is 10.1 Å². The molecule has 8 nitrogen and oxygen atoms in total. The topological polar surface area (TPSA) is 96.1 Å². The van der Waals surface area contributed by atoms with E-state index in [-0.39, 0.29) is 12.0 Å². The smallest absolute Gasteiger partial charge is 0.338 e. The highest BCUT2D eigenvalue weighted by atomic mass is 16.5. The highest BCUT2D eigenvalue weighted by molar-refractivity contribution is 5.94. The molecular formula is C23H22N6O2. The van der Waals surface area contributed by atoms with Crippen LogP contribution in [0.2, 0.25) is 0 Å². The van der Waals surface area contributed by atoms with Crippen molar-refractivity contribution < 1.29 is 9.53 Å². The van der Waals surface area contributed by atoms with Gasteiger partial charge >= 0.3 is 5.97 Å². The van der Waals surface area contributed by atoms with Crippen molar-refractivity contribution in [3.63, 3.8) is 0 Å². The predicted molar refractivity (Wildman–Crippen MR) is 112 cm³/mol. The number of fused-ring (bicyclic) bond motifs is 1. The van der Waals surface area contributed by atoms with Crippen LogP contribution in [0.5, 0.6) is 0 Å². The molecule has 2 aliphatic rings. The van der Waals surface area contributed by atoms with Crippen LogP contribution in [0, 0.1) is 18.3 Å². The Balaban J connectivity index is 1.28. The fourth-order valence-electron chi connectivity index (χ4n) is 4.32. The molecule has 1 fully saturated rings. The number of nitriles is 1. The van der Waals surface area contributed by atoms with Crippen molar-refractivity contribution in [1.29, 1.82) is 5.26 Å². The highest BCUT2D eigenvalue weighted by Gasteiger charge is 2.28. The molecule has 0 bridgehead atoms. The molecule has 1 saturated heterocycles. The van der Waals surface area contributed by atoms with Crippen molar-refractivity contribution >= 4 is 5.97 Å². The highest BCUT2D eigenvalue weighted by Crippen LogP contribution is 2.30. The summed E-state index contributed by atoms with van der Waals surface area (Å²) in [4.78, 5) is 18.7. The second-order valence-corrected chi connectivity index (χ2v) is 7.91. The van der Waals surface area contributed by atoms with Gasteiger partial charge in [0.05, 0.1) is 5.56 Å². The number of ether oxygens (including phenoxy) is 1. The van der Waals surface area contributed by atoms with E-state index in [2.05, 4.69) is 39.4 Å². The second kappa shape index (κ2) is 7.95. The minimum atomic E-state index is -0.224. The molecule has 4 heterocycles. The number of carbonyl (C=O) groups excluding carboxylic acids is 1. The Labute approximate surface area is 180 Å². The third kappa shape index (κ3) is 3.69. The summed E-state index contributed by atoms with van der Waals surface area (Å²) in [5.74, 6) is 0.465. The summed E-state index contributed by atoms with van der Waals surface area (Å²) in [5, 5.41) is 16.7. The van der Waals surface area contributed by atoms with Crippen molar-refractivity contribution in [1.82, 2.24) is 25.0 Å². The van der Waals surface area contributed by atoms with E-state index in [0.717, 1.165) is 42.9 Å². The van der Waals surface area contributed by atoms with Crippen molar-refractivity contribution in [2.24, 2.45) is 0 Å². The van der Waals surface area contributed by atoms with Crippen molar-refractivity contribution in [2.45, 2.75) is 26.1 Å². The Bertz CT molecular complexity index is 1180. The van der Waals surface area contributed by atoms with E-state index in [4.69, 9.17) is 10.00 Å². The van der Waals surface area contributed by atoms with Crippen molar-refractivity contribution in [3.8, 4) is 11.9 Å². The first kappa shape index (κ1) is 19.4. The van der Waals surface area contributed by atoms with E-state index in [0.29, 0.717) is 23.7 Å². The SMILES string of the molecule is Cc1c(C2CN(Cc3ccc(-n4ccc(C#N)n4)nc3)CCN2)ccc2c1COC2=O. The van der Waals surface area contributed by atoms with Crippen LogP contribution in [0.15, 0.2) is 42.7 Å². The van der Waals surface area contributed by atoms with Gasteiger partial charge in [-0.2, -0.15) is 10.4 Å². The zero-order chi connectivity index (χ0) is 21.4. The molecule has 5 rings (SSSR count). The average molecular weight is 414 g/mol. The molecule has 0 saturated carbocycles. The Kier molecular flexibility index (Phi) is 4.98. The molecule has 1 N–H and O–H groups in total. The van der Waals surface area contributed by atoms with Gasteiger partial charge in [0.15, 0.2) is 11.5 Å². The first-order valence-electron chi connectivity index (χ1n) is 10.3. The van der Waals surface area contributed by atoms with Crippen LogP contribution < -0.4 is 5.32 Å². The molecule has 1 atom stereocenters. The summed E-state index contributed by atoms with van der Waals surface area (Å²) in [7, 11) is 0. The maximum atomic E-state index is 11.8. The molecule has 0 radical (unpaired) electrons. The Morgan fingerprint density at radius 1 is 1.29 bits per heavy atom. The Hall–Kier alpha value is -3.54. The quantitative estimate of drug-likeness (QED) is 0.654. The van der Waals surface area contributed by atoms with Gasteiger partial charge in [-0.1, -0.05) is 12.1 Å². The average Bonchev–Trinajstić information content (AvgIpc) is 3.42. The van der Waals surface area contributed by atoms with E-state index in [1.807, 2.05) is 24.4 Å². The number of rotatable bonds is 4. The lowest BCUT2D eigenvalue weighted by Crippen LogP contribution is -2.45. The molecule has 0 aliphatic carbocycles. The summed E-state index contributed by atoms with van der Waals surface area (Å²) in [6, 6.07) is 11.8. The summed E-state index contributed by atoms with van der Waals surface area (Å²) < 4.78 is 6.80. The molecule has 1 unspecified atom stereocenters. The van der Waals surface area contributed by atoms with E-state index in [9.17, 15) is 4.79 Å². The first-order chi connectivity index (χ1) is 15.1. The molecule has 156 valence electrons. The second-order valence-electron chi connectivity index (χ2n) is 7.91. The molecular weight excluding hydrogens is 392 g/mol. The molecule has 8 heteroatoms. The Morgan fingerprint density at radius 2 is 2.19 bits per heavy atom. The number of esters is 1. The van der Waals surface area contributed by atoms with Gasteiger partial charge in [-0.15, -0.1) is 0 Å². The lowest BCUT2D eigenvalue weighted by Gasteiger charge is -2.34. The van der Waals surface area contributed by atoms with Crippen LogP contribution >= 0.6 is 0 Å². The normalized spacial score (nSPS) is 18.5. The van der Waals surface area contributed by atoms with Gasteiger partial charge in [0.25, 0.3) is 0 Å². The molecule has 2 aromatic heterocycles. The third-order valence-electron chi connectivity index (χ3n) is 6.00. The molecule has 31 heavy (non-hydrogen) atoms. The Morgan fingerprint density at radius 3 is 2.97 bits per heavy atom. The van der Waals surface area contributed by atoms with Crippen LogP contribution in [0.3, 0.4) is 0 Å². The minimum Gasteiger partial charge on any atom is -0.457 e. The van der Waals surface area contributed by atoms with Crippen LogP contribution in [-0.2, 0) is 17.9 Å².